The predicted molar refractivity (Wildman–Crippen MR) is 116 cm³/mol. The Bertz CT molecular complexity index is 906. The van der Waals surface area contributed by atoms with Gasteiger partial charge in [-0.2, -0.15) is 0 Å². The third-order valence-corrected chi connectivity index (χ3v) is 5.83. The minimum Gasteiger partial charge on any atom is -0.326 e. The summed E-state index contributed by atoms with van der Waals surface area (Å²) in [4.78, 5) is 31.0. The van der Waals surface area contributed by atoms with Crippen molar-refractivity contribution < 1.29 is 9.59 Å². The Balaban J connectivity index is 1.66. The molecule has 1 unspecified atom stereocenters. The highest BCUT2D eigenvalue weighted by atomic mass is 32.2. The molecule has 1 heterocycles. The van der Waals surface area contributed by atoms with Crippen LogP contribution in [0.3, 0.4) is 0 Å². The fourth-order valence-corrected chi connectivity index (χ4v) is 4.10. The lowest BCUT2D eigenvalue weighted by molar-refractivity contribution is -0.127. The van der Waals surface area contributed by atoms with Gasteiger partial charge < -0.3 is 5.32 Å². The van der Waals surface area contributed by atoms with Gasteiger partial charge in [0.1, 0.15) is 5.25 Å². The van der Waals surface area contributed by atoms with Crippen molar-refractivity contribution in [1.82, 2.24) is 4.90 Å². The molecule has 2 aromatic carbocycles. The molecule has 28 heavy (non-hydrogen) atoms. The summed E-state index contributed by atoms with van der Waals surface area (Å²) in [6, 6.07) is 15.6. The van der Waals surface area contributed by atoms with Crippen molar-refractivity contribution in [2.24, 2.45) is 4.99 Å². The maximum Gasteiger partial charge on any atom is 0.242 e. The first-order valence-electron chi connectivity index (χ1n) is 9.33. The van der Waals surface area contributed by atoms with E-state index in [0.717, 1.165) is 16.9 Å². The van der Waals surface area contributed by atoms with Gasteiger partial charge in [-0.1, -0.05) is 49.9 Å². The van der Waals surface area contributed by atoms with Gasteiger partial charge in [0, 0.05) is 19.2 Å². The molecule has 5 nitrogen and oxygen atoms in total. The molecule has 2 amide bonds. The Morgan fingerprint density at radius 2 is 1.93 bits per heavy atom. The Morgan fingerprint density at radius 3 is 2.57 bits per heavy atom. The Labute approximate surface area is 170 Å². The van der Waals surface area contributed by atoms with Crippen molar-refractivity contribution >= 4 is 40.1 Å². The fraction of sp³-hybridized carbons (Fsp3) is 0.318. The maximum atomic E-state index is 12.5. The number of thioether (sulfide) groups is 1. The van der Waals surface area contributed by atoms with Gasteiger partial charge in [0.15, 0.2) is 5.17 Å². The second kappa shape index (κ2) is 8.61. The number of anilines is 1. The van der Waals surface area contributed by atoms with Gasteiger partial charge in [0.05, 0.1) is 5.69 Å². The van der Waals surface area contributed by atoms with Gasteiger partial charge in [-0.05, 0) is 48.2 Å². The van der Waals surface area contributed by atoms with Crippen molar-refractivity contribution in [3.05, 3.63) is 59.7 Å². The molecule has 2 aromatic rings. The molecule has 0 aliphatic carbocycles. The number of benzene rings is 2. The number of aliphatic imine (C=N–C) groups is 1. The quantitative estimate of drug-likeness (QED) is 0.798. The molecule has 1 N–H and O–H groups in total. The second-order valence-electron chi connectivity index (χ2n) is 7.27. The van der Waals surface area contributed by atoms with Crippen LogP contribution in [0.1, 0.15) is 37.3 Å². The topological polar surface area (TPSA) is 61.8 Å². The van der Waals surface area contributed by atoms with E-state index >= 15 is 0 Å². The van der Waals surface area contributed by atoms with Crippen LogP contribution in [0.2, 0.25) is 0 Å². The fourth-order valence-electron chi connectivity index (χ4n) is 2.94. The smallest absolute Gasteiger partial charge is 0.242 e. The lowest BCUT2D eigenvalue weighted by atomic mass is 10.0. The summed E-state index contributed by atoms with van der Waals surface area (Å²) in [6.45, 7) is 6.26. The number of nitrogens with one attached hydrogen (secondary N) is 1. The number of amides is 2. The molecule has 1 saturated heterocycles. The van der Waals surface area contributed by atoms with Gasteiger partial charge in [-0.25, -0.2) is 4.99 Å². The van der Waals surface area contributed by atoms with E-state index in [0.29, 0.717) is 11.1 Å². The summed E-state index contributed by atoms with van der Waals surface area (Å²) in [5, 5.41) is 3.03. The molecule has 1 aliphatic heterocycles. The summed E-state index contributed by atoms with van der Waals surface area (Å²) in [6.07, 6.45) is 0.118. The van der Waals surface area contributed by atoms with Gasteiger partial charge in [-0.15, -0.1) is 0 Å². The first kappa shape index (κ1) is 20.1. The van der Waals surface area contributed by atoms with Crippen molar-refractivity contribution in [3.8, 4) is 0 Å². The van der Waals surface area contributed by atoms with Crippen LogP contribution in [0.4, 0.5) is 11.4 Å². The number of amidine groups is 1. The summed E-state index contributed by atoms with van der Waals surface area (Å²) in [7, 11) is 1.70. The third kappa shape index (κ3) is 4.81. The van der Waals surface area contributed by atoms with Crippen LogP contribution in [0.5, 0.6) is 0 Å². The van der Waals surface area contributed by atoms with Crippen LogP contribution in [-0.4, -0.2) is 34.2 Å². The molecular formula is C22H25N3O2S. The zero-order valence-electron chi connectivity index (χ0n) is 16.6. The number of nitrogens with zero attached hydrogens (tertiary/aromatic N) is 2. The molecule has 1 fully saturated rings. The minimum absolute atomic E-state index is 0.0954. The molecule has 0 aromatic heterocycles. The van der Waals surface area contributed by atoms with Crippen molar-refractivity contribution in [3.63, 3.8) is 0 Å². The summed E-state index contributed by atoms with van der Waals surface area (Å²) in [5.41, 5.74) is 3.87. The van der Waals surface area contributed by atoms with E-state index in [-0.39, 0.29) is 18.2 Å². The molecule has 3 rings (SSSR count). The molecule has 0 saturated carbocycles. The zero-order chi connectivity index (χ0) is 20.3. The standard InChI is InChI=1S/C22H25N3O2S/c1-14(2)16-8-10-17(11-9-16)24-22-25(4)21(27)19(28-22)13-20(26)23-18-7-5-6-15(3)12-18/h5-12,14,19H,13H2,1-4H3,(H,23,26). The molecule has 1 aliphatic rings. The van der Waals surface area contributed by atoms with E-state index in [2.05, 4.69) is 36.3 Å². The predicted octanol–water partition coefficient (Wildman–Crippen LogP) is 4.71. The van der Waals surface area contributed by atoms with Gasteiger partial charge in [0.2, 0.25) is 11.8 Å². The molecule has 1 atom stereocenters. The first-order chi connectivity index (χ1) is 13.3. The normalized spacial score (nSPS) is 18.2. The minimum atomic E-state index is -0.455. The number of carbonyl (C=O) groups excluding carboxylic acids is 2. The van der Waals surface area contributed by atoms with Gasteiger partial charge in [0.25, 0.3) is 0 Å². The van der Waals surface area contributed by atoms with Gasteiger partial charge in [-0.3, -0.25) is 14.5 Å². The van der Waals surface area contributed by atoms with E-state index in [1.807, 2.05) is 43.3 Å². The van der Waals surface area contributed by atoms with E-state index in [1.165, 1.54) is 22.2 Å². The van der Waals surface area contributed by atoms with Crippen LogP contribution < -0.4 is 5.32 Å². The molecule has 0 bridgehead atoms. The maximum absolute atomic E-state index is 12.5. The van der Waals surface area contributed by atoms with E-state index in [4.69, 9.17) is 0 Å². The van der Waals surface area contributed by atoms with E-state index in [1.54, 1.807) is 7.05 Å². The lowest BCUT2D eigenvalue weighted by Crippen LogP contribution is -2.30. The number of carbonyl (C=O) groups is 2. The largest absolute Gasteiger partial charge is 0.326 e. The molecule has 0 radical (unpaired) electrons. The molecule has 6 heteroatoms. The summed E-state index contributed by atoms with van der Waals surface area (Å²) >= 11 is 1.34. The number of hydrogen-bond donors (Lipinski definition) is 1. The average Bonchev–Trinajstić information content (AvgIpc) is 2.90. The Kier molecular flexibility index (Phi) is 6.19. The van der Waals surface area contributed by atoms with Gasteiger partial charge >= 0.3 is 0 Å². The van der Waals surface area contributed by atoms with Crippen LogP contribution >= 0.6 is 11.8 Å². The molecule has 146 valence electrons. The van der Waals surface area contributed by atoms with Crippen molar-refractivity contribution in [2.75, 3.05) is 12.4 Å². The Hall–Kier alpha value is -2.60. The molecule has 0 spiro atoms. The second-order valence-corrected chi connectivity index (χ2v) is 8.44. The van der Waals surface area contributed by atoms with Crippen LogP contribution in [0.15, 0.2) is 53.5 Å². The lowest BCUT2D eigenvalue weighted by Gasteiger charge is -2.10. The van der Waals surface area contributed by atoms with Crippen LogP contribution in [0.25, 0.3) is 0 Å². The van der Waals surface area contributed by atoms with Crippen LogP contribution in [0, 0.1) is 6.92 Å². The average molecular weight is 396 g/mol. The number of rotatable bonds is 5. The summed E-state index contributed by atoms with van der Waals surface area (Å²) in [5.74, 6) is 0.192. The SMILES string of the molecule is Cc1cccc(NC(=O)CC2SC(=Nc3ccc(C(C)C)cc3)N(C)C2=O)c1. The highest BCUT2D eigenvalue weighted by Crippen LogP contribution is 2.31. The highest BCUT2D eigenvalue weighted by molar-refractivity contribution is 8.15. The van der Waals surface area contributed by atoms with E-state index < -0.39 is 5.25 Å². The van der Waals surface area contributed by atoms with Crippen molar-refractivity contribution in [1.29, 1.82) is 0 Å². The first-order valence-corrected chi connectivity index (χ1v) is 10.2. The van der Waals surface area contributed by atoms with Crippen molar-refractivity contribution in [2.45, 2.75) is 38.4 Å². The monoisotopic (exact) mass is 395 g/mol. The summed E-state index contributed by atoms with van der Waals surface area (Å²) < 4.78 is 0. The highest BCUT2D eigenvalue weighted by Gasteiger charge is 2.37. The zero-order valence-corrected chi connectivity index (χ0v) is 17.4. The number of aryl methyl sites for hydroxylation is 1. The van der Waals surface area contributed by atoms with E-state index in [9.17, 15) is 9.59 Å². The number of hydrogen-bond acceptors (Lipinski definition) is 4. The van der Waals surface area contributed by atoms with Crippen LogP contribution in [-0.2, 0) is 9.59 Å². The Morgan fingerprint density at radius 1 is 1.21 bits per heavy atom. The third-order valence-electron chi connectivity index (χ3n) is 4.60. The molecular weight excluding hydrogens is 370 g/mol.